The van der Waals surface area contributed by atoms with E-state index in [-0.39, 0.29) is 11.5 Å². The summed E-state index contributed by atoms with van der Waals surface area (Å²) in [4.78, 5) is 4.07. The van der Waals surface area contributed by atoms with Crippen molar-refractivity contribution in [3.63, 3.8) is 0 Å². The fraction of sp³-hybridized carbons (Fsp3) is 0.125. The van der Waals surface area contributed by atoms with E-state index in [4.69, 9.17) is 0 Å². The average Bonchev–Trinajstić information content (AvgIpc) is 2.75. The third kappa shape index (κ3) is 3.93. The van der Waals surface area contributed by atoms with Gasteiger partial charge in [-0.2, -0.15) is 0 Å². The molecule has 0 bridgehead atoms. The Bertz CT molecular complexity index is 691. The molecule has 2 nitrogen and oxygen atoms in total. The van der Waals surface area contributed by atoms with Gasteiger partial charge in [0.05, 0.1) is 11.5 Å². The molecule has 2 aromatic rings. The molecule has 0 unspecified atom stereocenters. The van der Waals surface area contributed by atoms with Crippen LogP contribution in [0.1, 0.15) is 0 Å². The number of hydrogen-bond donors (Lipinski definition) is 0. The molecule has 3 rings (SSSR count). The van der Waals surface area contributed by atoms with Gasteiger partial charge in [-0.3, -0.25) is 0 Å². The Morgan fingerprint density at radius 1 is 0.667 bits per heavy atom. The Morgan fingerprint density at radius 3 is 1.43 bits per heavy atom. The highest BCUT2D eigenvalue weighted by Crippen LogP contribution is 2.41. The van der Waals surface area contributed by atoms with Gasteiger partial charge in [-0.25, -0.2) is 8.42 Å². The summed E-state index contributed by atoms with van der Waals surface area (Å²) in [7, 11) is -3.00. The molecule has 1 heterocycles. The lowest BCUT2D eigenvalue weighted by Gasteiger charge is -2.05. The van der Waals surface area contributed by atoms with Crippen molar-refractivity contribution in [3.8, 4) is 0 Å². The molecule has 0 saturated carbocycles. The number of hydrogen-bond acceptors (Lipinski definition) is 4. The van der Waals surface area contributed by atoms with Crippen LogP contribution in [0.4, 0.5) is 0 Å². The molecule has 0 amide bonds. The molecule has 5 heteroatoms. The van der Waals surface area contributed by atoms with E-state index in [0.29, 0.717) is 0 Å². The predicted octanol–water partition coefficient (Wildman–Crippen LogP) is 4.21. The summed E-state index contributed by atoms with van der Waals surface area (Å²) in [5, 5.41) is 0. The van der Waals surface area contributed by atoms with E-state index in [9.17, 15) is 8.42 Å². The van der Waals surface area contributed by atoms with Crippen LogP contribution in [-0.4, -0.2) is 19.9 Å². The molecule has 2 aromatic carbocycles. The molecule has 0 spiro atoms. The number of sulfone groups is 1. The zero-order valence-corrected chi connectivity index (χ0v) is 13.7. The SMILES string of the molecule is O=S1(=O)CC(Sc2ccccc2)=C(Sc2ccccc2)C1. The normalized spacial score (nSPS) is 17.1. The topological polar surface area (TPSA) is 34.1 Å². The van der Waals surface area contributed by atoms with E-state index in [1.807, 2.05) is 60.7 Å². The van der Waals surface area contributed by atoms with Crippen LogP contribution in [0.5, 0.6) is 0 Å². The molecule has 0 fully saturated rings. The first-order valence-electron chi connectivity index (χ1n) is 6.51. The van der Waals surface area contributed by atoms with E-state index < -0.39 is 9.84 Å². The van der Waals surface area contributed by atoms with Crippen LogP contribution in [0, 0.1) is 0 Å². The van der Waals surface area contributed by atoms with E-state index in [1.165, 1.54) is 0 Å². The Kier molecular flexibility index (Phi) is 4.42. The van der Waals surface area contributed by atoms with Crippen molar-refractivity contribution in [2.75, 3.05) is 11.5 Å². The molecule has 0 aliphatic carbocycles. The quantitative estimate of drug-likeness (QED) is 0.839. The molecule has 21 heavy (non-hydrogen) atoms. The van der Waals surface area contributed by atoms with Gasteiger partial charge in [-0.05, 0) is 24.3 Å². The van der Waals surface area contributed by atoms with Crippen LogP contribution in [0.15, 0.2) is 80.3 Å². The maximum atomic E-state index is 12.0. The highest BCUT2D eigenvalue weighted by molar-refractivity contribution is 8.09. The summed E-state index contributed by atoms with van der Waals surface area (Å²) in [6.07, 6.45) is 0. The summed E-state index contributed by atoms with van der Waals surface area (Å²) in [6.45, 7) is 0. The third-order valence-corrected chi connectivity index (χ3v) is 7.22. The molecule has 1 aliphatic heterocycles. The first kappa shape index (κ1) is 14.8. The summed E-state index contributed by atoms with van der Waals surface area (Å²) < 4.78 is 23.9. The van der Waals surface area contributed by atoms with Crippen LogP contribution >= 0.6 is 23.5 Å². The van der Waals surface area contributed by atoms with Crippen LogP contribution in [0.3, 0.4) is 0 Å². The molecule has 108 valence electrons. The van der Waals surface area contributed by atoms with Crippen molar-refractivity contribution < 1.29 is 8.42 Å². The van der Waals surface area contributed by atoms with E-state index in [0.717, 1.165) is 19.6 Å². The lowest BCUT2D eigenvalue weighted by Crippen LogP contribution is -2.02. The Labute approximate surface area is 133 Å². The van der Waals surface area contributed by atoms with Gasteiger partial charge in [0.15, 0.2) is 9.84 Å². The fourth-order valence-electron chi connectivity index (χ4n) is 2.05. The zero-order valence-electron chi connectivity index (χ0n) is 11.2. The minimum absolute atomic E-state index is 0.154. The third-order valence-electron chi connectivity index (χ3n) is 2.98. The van der Waals surface area contributed by atoms with Gasteiger partial charge in [0, 0.05) is 19.6 Å². The van der Waals surface area contributed by atoms with Crippen molar-refractivity contribution in [2.45, 2.75) is 9.79 Å². The zero-order chi connectivity index (χ0) is 14.7. The van der Waals surface area contributed by atoms with Crippen molar-refractivity contribution in [2.24, 2.45) is 0 Å². The maximum Gasteiger partial charge on any atom is 0.159 e. The standard InChI is InChI=1S/C16H14O2S3/c17-21(18)11-15(19-13-7-3-1-4-8-13)16(12-21)20-14-9-5-2-6-10-14/h1-10H,11-12H2. The summed E-state index contributed by atoms with van der Waals surface area (Å²) in [6, 6.07) is 19.8. The highest BCUT2D eigenvalue weighted by Gasteiger charge is 2.28. The Morgan fingerprint density at radius 2 is 1.05 bits per heavy atom. The number of benzene rings is 2. The molecule has 0 saturated heterocycles. The van der Waals surface area contributed by atoms with E-state index in [2.05, 4.69) is 0 Å². The van der Waals surface area contributed by atoms with Gasteiger partial charge >= 0.3 is 0 Å². The van der Waals surface area contributed by atoms with Crippen LogP contribution in [0.2, 0.25) is 0 Å². The van der Waals surface area contributed by atoms with Crippen molar-refractivity contribution in [1.82, 2.24) is 0 Å². The van der Waals surface area contributed by atoms with E-state index in [1.54, 1.807) is 23.5 Å². The van der Waals surface area contributed by atoms with Crippen molar-refractivity contribution in [1.29, 1.82) is 0 Å². The first-order valence-corrected chi connectivity index (χ1v) is 9.96. The lowest BCUT2D eigenvalue weighted by molar-refractivity contribution is 0.603. The van der Waals surface area contributed by atoms with Gasteiger partial charge in [-0.1, -0.05) is 59.9 Å². The molecule has 0 aromatic heterocycles. The maximum absolute atomic E-state index is 12.0. The van der Waals surface area contributed by atoms with Crippen molar-refractivity contribution in [3.05, 3.63) is 70.5 Å². The molecular formula is C16H14O2S3. The lowest BCUT2D eigenvalue weighted by atomic mass is 10.4. The van der Waals surface area contributed by atoms with Gasteiger partial charge in [0.2, 0.25) is 0 Å². The molecular weight excluding hydrogens is 320 g/mol. The largest absolute Gasteiger partial charge is 0.228 e. The van der Waals surface area contributed by atoms with E-state index >= 15 is 0 Å². The fourth-order valence-corrected chi connectivity index (χ4v) is 6.80. The van der Waals surface area contributed by atoms with Gasteiger partial charge in [0.25, 0.3) is 0 Å². The Hall–Kier alpha value is -1.17. The second kappa shape index (κ2) is 6.30. The molecule has 0 radical (unpaired) electrons. The minimum Gasteiger partial charge on any atom is -0.228 e. The summed E-state index contributed by atoms with van der Waals surface area (Å²) in [5.41, 5.74) is 0. The predicted molar refractivity (Wildman–Crippen MR) is 90.3 cm³/mol. The van der Waals surface area contributed by atoms with Crippen molar-refractivity contribution >= 4 is 33.4 Å². The summed E-state index contributed by atoms with van der Waals surface area (Å²) >= 11 is 3.12. The number of rotatable bonds is 4. The monoisotopic (exact) mass is 334 g/mol. The molecule has 0 N–H and O–H groups in total. The second-order valence-electron chi connectivity index (χ2n) is 4.71. The van der Waals surface area contributed by atoms with Crippen LogP contribution in [-0.2, 0) is 9.84 Å². The van der Waals surface area contributed by atoms with Crippen LogP contribution in [0.25, 0.3) is 0 Å². The second-order valence-corrected chi connectivity index (χ2v) is 9.11. The van der Waals surface area contributed by atoms with Gasteiger partial charge in [0.1, 0.15) is 0 Å². The highest BCUT2D eigenvalue weighted by atomic mass is 32.2. The average molecular weight is 334 g/mol. The Balaban J connectivity index is 1.87. The smallest absolute Gasteiger partial charge is 0.159 e. The van der Waals surface area contributed by atoms with Crippen LogP contribution < -0.4 is 0 Å². The summed E-state index contributed by atoms with van der Waals surface area (Å²) in [5.74, 6) is 0.309. The number of thioether (sulfide) groups is 2. The molecule has 1 aliphatic rings. The van der Waals surface area contributed by atoms with Gasteiger partial charge < -0.3 is 0 Å². The molecule has 0 atom stereocenters. The minimum atomic E-state index is -3.00. The first-order chi connectivity index (χ1) is 10.1. The van der Waals surface area contributed by atoms with Gasteiger partial charge in [-0.15, -0.1) is 0 Å².